The van der Waals surface area contributed by atoms with Crippen molar-refractivity contribution in [2.45, 2.75) is 0 Å². The van der Waals surface area contributed by atoms with E-state index in [1.54, 1.807) is 18.3 Å². The van der Waals surface area contributed by atoms with Crippen LogP contribution < -0.4 is 5.43 Å². The van der Waals surface area contributed by atoms with Crippen molar-refractivity contribution < 1.29 is 4.39 Å². The molecule has 3 nitrogen and oxygen atoms in total. The molecule has 0 fully saturated rings. The van der Waals surface area contributed by atoms with Crippen molar-refractivity contribution >= 4 is 34.3 Å². The summed E-state index contributed by atoms with van der Waals surface area (Å²) in [5, 5.41) is 6.63. The Morgan fingerprint density at radius 1 is 1.50 bits per heavy atom. The van der Waals surface area contributed by atoms with E-state index in [1.807, 2.05) is 5.38 Å². The van der Waals surface area contributed by atoms with Crippen molar-refractivity contribution in [3.63, 3.8) is 0 Å². The zero-order chi connectivity index (χ0) is 11.4. The van der Waals surface area contributed by atoms with Crippen LogP contribution in [0, 0.1) is 5.82 Å². The summed E-state index contributed by atoms with van der Waals surface area (Å²) in [5.41, 5.74) is 2.94. The van der Waals surface area contributed by atoms with Gasteiger partial charge in [-0.25, -0.2) is 9.37 Å². The topological polar surface area (TPSA) is 37.3 Å². The van der Waals surface area contributed by atoms with Gasteiger partial charge in [-0.05, 0) is 12.1 Å². The fourth-order valence-corrected chi connectivity index (χ4v) is 1.75. The number of hydrogen-bond donors (Lipinski definition) is 1. The van der Waals surface area contributed by atoms with Crippen LogP contribution in [-0.2, 0) is 0 Å². The van der Waals surface area contributed by atoms with Gasteiger partial charge in [0.15, 0.2) is 0 Å². The summed E-state index contributed by atoms with van der Waals surface area (Å²) in [6.07, 6.45) is 2.98. The molecule has 0 radical (unpaired) electrons. The summed E-state index contributed by atoms with van der Waals surface area (Å²) < 4.78 is 13.3. The molecule has 0 aliphatic heterocycles. The van der Waals surface area contributed by atoms with E-state index in [0.717, 1.165) is 0 Å². The molecule has 1 aromatic heterocycles. The van der Waals surface area contributed by atoms with Crippen LogP contribution in [0.25, 0.3) is 0 Å². The molecule has 1 heterocycles. The highest BCUT2D eigenvalue weighted by atomic mass is 35.5. The lowest BCUT2D eigenvalue weighted by atomic mass is 10.2. The molecule has 2 aromatic rings. The molecule has 6 heteroatoms. The van der Waals surface area contributed by atoms with Crippen molar-refractivity contribution in [2.75, 3.05) is 5.43 Å². The van der Waals surface area contributed by atoms with Crippen molar-refractivity contribution in [3.05, 3.63) is 46.2 Å². The molecule has 1 aromatic carbocycles. The van der Waals surface area contributed by atoms with Crippen LogP contribution in [0.5, 0.6) is 0 Å². The van der Waals surface area contributed by atoms with E-state index in [1.165, 1.54) is 23.6 Å². The summed E-state index contributed by atoms with van der Waals surface area (Å²) >= 11 is 7.22. The van der Waals surface area contributed by atoms with Crippen molar-refractivity contribution in [3.8, 4) is 0 Å². The average Bonchev–Trinajstić information content (AvgIpc) is 2.75. The Morgan fingerprint density at radius 3 is 3.06 bits per heavy atom. The predicted molar refractivity (Wildman–Crippen MR) is 64.7 cm³/mol. The lowest BCUT2D eigenvalue weighted by Crippen LogP contribution is -1.93. The molecule has 16 heavy (non-hydrogen) atoms. The van der Waals surface area contributed by atoms with E-state index >= 15 is 0 Å². The van der Waals surface area contributed by atoms with Gasteiger partial charge in [0.2, 0.25) is 5.13 Å². The summed E-state index contributed by atoms with van der Waals surface area (Å²) in [5.74, 6) is -0.405. The first kappa shape index (κ1) is 11.0. The Hall–Kier alpha value is -1.46. The molecule has 2 rings (SSSR count). The fraction of sp³-hybridized carbons (Fsp3) is 0. The van der Waals surface area contributed by atoms with Crippen molar-refractivity contribution in [1.82, 2.24) is 4.98 Å². The van der Waals surface area contributed by atoms with E-state index in [-0.39, 0.29) is 5.56 Å². The van der Waals surface area contributed by atoms with Crippen molar-refractivity contribution in [2.24, 2.45) is 5.10 Å². The first-order valence-corrected chi connectivity index (χ1v) is 5.66. The van der Waals surface area contributed by atoms with Gasteiger partial charge in [-0.2, -0.15) is 5.10 Å². The Kier molecular flexibility index (Phi) is 3.48. The Balaban J connectivity index is 2.12. The van der Waals surface area contributed by atoms with Gasteiger partial charge < -0.3 is 0 Å². The second-order valence-corrected chi connectivity index (χ2v) is 4.14. The predicted octanol–water partition coefficient (Wildman–Crippen LogP) is 3.38. The molecule has 0 aliphatic rings. The van der Waals surface area contributed by atoms with E-state index in [4.69, 9.17) is 11.6 Å². The lowest BCUT2D eigenvalue weighted by Gasteiger charge is -1.98. The highest BCUT2D eigenvalue weighted by Gasteiger charge is 2.03. The van der Waals surface area contributed by atoms with Crippen LogP contribution in [0.2, 0.25) is 5.02 Å². The smallest absolute Gasteiger partial charge is 0.203 e. The summed E-state index contributed by atoms with van der Waals surface area (Å²) in [6, 6.07) is 4.48. The van der Waals surface area contributed by atoms with Crippen LogP contribution >= 0.6 is 22.9 Å². The second kappa shape index (κ2) is 5.05. The third-order valence-electron chi connectivity index (χ3n) is 1.79. The minimum Gasteiger partial charge on any atom is -0.253 e. The maximum absolute atomic E-state index is 13.3. The number of aromatic nitrogens is 1. The number of halogens is 2. The first-order valence-electron chi connectivity index (χ1n) is 4.40. The van der Waals surface area contributed by atoms with Gasteiger partial charge in [0.25, 0.3) is 0 Å². The number of rotatable bonds is 3. The van der Waals surface area contributed by atoms with E-state index in [0.29, 0.717) is 10.2 Å². The largest absolute Gasteiger partial charge is 0.253 e. The molecule has 82 valence electrons. The molecular weight excluding hydrogens is 249 g/mol. The van der Waals surface area contributed by atoms with E-state index in [9.17, 15) is 4.39 Å². The normalized spacial score (nSPS) is 10.9. The zero-order valence-electron chi connectivity index (χ0n) is 8.02. The molecule has 0 amide bonds. The third kappa shape index (κ3) is 2.56. The number of hydrogen-bond acceptors (Lipinski definition) is 4. The molecule has 0 spiro atoms. The fourth-order valence-electron chi connectivity index (χ4n) is 1.06. The van der Waals surface area contributed by atoms with Gasteiger partial charge in [0, 0.05) is 17.1 Å². The van der Waals surface area contributed by atoms with Crippen LogP contribution in [0.3, 0.4) is 0 Å². The van der Waals surface area contributed by atoms with Gasteiger partial charge in [-0.1, -0.05) is 17.7 Å². The molecule has 0 aliphatic carbocycles. The molecule has 0 bridgehead atoms. The number of benzene rings is 1. The second-order valence-electron chi connectivity index (χ2n) is 2.84. The highest BCUT2D eigenvalue weighted by molar-refractivity contribution is 7.13. The summed E-state index contributed by atoms with van der Waals surface area (Å²) in [6.45, 7) is 0. The number of nitrogens with zero attached hydrogens (tertiary/aromatic N) is 2. The Bertz CT molecular complexity index is 479. The molecule has 1 N–H and O–H groups in total. The average molecular weight is 256 g/mol. The highest BCUT2D eigenvalue weighted by Crippen LogP contribution is 2.17. The molecule has 0 saturated heterocycles. The van der Waals surface area contributed by atoms with Gasteiger partial charge in [-0.3, -0.25) is 5.43 Å². The quantitative estimate of drug-likeness (QED) is 0.674. The van der Waals surface area contributed by atoms with Gasteiger partial charge in [-0.15, -0.1) is 11.3 Å². The van der Waals surface area contributed by atoms with Gasteiger partial charge in [0.05, 0.1) is 11.2 Å². The lowest BCUT2D eigenvalue weighted by molar-refractivity contribution is 0.626. The summed E-state index contributed by atoms with van der Waals surface area (Å²) in [7, 11) is 0. The van der Waals surface area contributed by atoms with Gasteiger partial charge >= 0.3 is 0 Å². The van der Waals surface area contributed by atoms with Crippen LogP contribution in [0.15, 0.2) is 34.9 Å². The minimum absolute atomic E-state index is 0.258. The van der Waals surface area contributed by atoms with Crippen LogP contribution in [0.1, 0.15) is 5.56 Å². The molecule has 0 saturated carbocycles. The molecular formula is C10H7ClFN3S. The van der Waals surface area contributed by atoms with Crippen LogP contribution in [0.4, 0.5) is 9.52 Å². The van der Waals surface area contributed by atoms with Gasteiger partial charge in [0.1, 0.15) is 5.82 Å². The number of hydrazone groups is 1. The number of anilines is 1. The Morgan fingerprint density at radius 2 is 2.38 bits per heavy atom. The third-order valence-corrected chi connectivity index (χ3v) is 2.79. The van der Waals surface area contributed by atoms with Crippen molar-refractivity contribution in [1.29, 1.82) is 0 Å². The summed E-state index contributed by atoms with van der Waals surface area (Å²) in [4.78, 5) is 3.96. The van der Waals surface area contributed by atoms with E-state index in [2.05, 4.69) is 15.5 Å². The Labute approximate surface area is 101 Å². The maximum atomic E-state index is 13.3. The number of thiazole rings is 1. The number of nitrogens with one attached hydrogen (secondary N) is 1. The zero-order valence-corrected chi connectivity index (χ0v) is 9.60. The minimum atomic E-state index is -0.405. The monoisotopic (exact) mass is 255 g/mol. The molecule has 0 atom stereocenters. The maximum Gasteiger partial charge on any atom is 0.203 e. The first-order chi connectivity index (χ1) is 7.77. The van der Waals surface area contributed by atoms with Crippen LogP contribution in [-0.4, -0.2) is 11.2 Å². The SMILES string of the molecule is Fc1cccc(Cl)c1/C=N\Nc1nccs1. The standard InChI is InChI=1S/C10H7ClFN3S/c11-8-2-1-3-9(12)7(8)6-14-15-10-13-4-5-16-10/h1-6H,(H,13,15)/b14-6-. The van der Waals surface area contributed by atoms with E-state index < -0.39 is 5.82 Å². The molecule has 0 unspecified atom stereocenters.